The Kier molecular flexibility index (Phi) is 4.41. The highest BCUT2D eigenvalue weighted by molar-refractivity contribution is 6.01. The second-order valence-corrected chi connectivity index (χ2v) is 6.32. The van der Waals surface area contributed by atoms with Crippen molar-refractivity contribution in [2.75, 3.05) is 6.54 Å². The van der Waals surface area contributed by atoms with Gasteiger partial charge < -0.3 is 5.73 Å². The Balaban J connectivity index is 2.23. The highest BCUT2D eigenvalue weighted by atomic mass is 16.1. The average Bonchev–Trinajstić information content (AvgIpc) is 2.87. The highest BCUT2D eigenvalue weighted by Crippen LogP contribution is 2.40. The molecule has 1 aromatic rings. The molecule has 1 aromatic carbocycles. The van der Waals surface area contributed by atoms with Crippen molar-refractivity contribution in [3.05, 3.63) is 35.4 Å². The van der Waals surface area contributed by atoms with Gasteiger partial charge in [-0.2, -0.15) is 0 Å². The summed E-state index contributed by atoms with van der Waals surface area (Å²) in [5.74, 6) is 0.874. The maximum atomic E-state index is 12.8. The van der Waals surface area contributed by atoms with Crippen LogP contribution in [0, 0.1) is 11.3 Å². The molecule has 1 aliphatic rings. The van der Waals surface area contributed by atoms with Crippen LogP contribution >= 0.6 is 0 Å². The minimum Gasteiger partial charge on any atom is -0.329 e. The number of benzene rings is 1. The quantitative estimate of drug-likeness (QED) is 0.821. The van der Waals surface area contributed by atoms with Gasteiger partial charge in [-0.25, -0.2) is 0 Å². The lowest BCUT2D eigenvalue weighted by atomic mass is 9.78. The Morgan fingerprint density at radius 1 is 1.32 bits per heavy atom. The van der Waals surface area contributed by atoms with Gasteiger partial charge in [0.2, 0.25) is 0 Å². The Morgan fingerprint density at radius 2 is 2.00 bits per heavy atom. The van der Waals surface area contributed by atoms with Gasteiger partial charge in [0.25, 0.3) is 0 Å². The van der Waals surface area contributed by atoms with E-state index in [1.54, 1.807) is 0 Å². The fourth-order valence-electron chi connectivity index (χ4n) is 3.19. The summed E-state index contributed by atoms with van der Waals surface area (Å²) < 4.78 is 0. The van der Waals surface area contributed by atoms with Crippen molar-refractivity contribution in [1.82, 2.24) is 0 Å². The van der Waals surface area contributed by atoms with Crippen molar-refractivity contribution in [2.24, 2.45) is 17.1 Å². The number of ketones is 1. The van der Waals surface area contributed by atoms with Crippen LogP contribution in [0.2, 0.25) is 0 Å². The molecule has 0 aliphatic heterocycles. The third kappa shape index (κ3) is 3.06. The molecule has 0 atom stereocenters. The normalized spacial score (nSPS) is 17.9. The molecule has 0 radical (unpaired) electrons. The first-order chi connectivity index (χ1) is 9.07. The van der Waals surface area contributed by atoms with Crippen LogP contribution < -0.4 is 5.73 Å². The summed E-state index contributed by atoms with van der Waals surface area (Å²) >= 11 is 0. The molecule has 1 fully saturated rings. The summed E-state index contributed by atoms with van der Waals surface area (Å²) in [7, 11) is 0. The fourth-order valence-corrected chi connectivity index (χ4v) is 3.19. The lowest BCUT2D eigenvalue weighted by molar-refractivity contribution is 0.0809. The molecule has 104 valence electrons. The van der Waals surface area contributed by atoms with Crippen LogP contribution in [0.4, 0.5) is 0 Å². The number of hydrogen-bond acceptors (Lipinski definition) is 2. The summed E-state index contributed by atoms with van der Waals surface area (Å²) in [5, 5.41) is 0. The van der Waals surface area contributed by atoms with Gasteiger partial charge in [-0.15, -0.1) is 0 Å². The van der Waals surface area contributed by atoms with Crippen molar-refractivity contribution < 1.29 is 4.79 Å². The van der Waals surface area contributed by atoms with Crippen LogP contribution in [0.1, 0.15) is 55.5 Å². The van der Waals surface area contributed by atoms with Crippen molar-refractivity contribution in [2.45, 2.75) is 46.0 Å². The maximum absolute atomic E-state index is 12.8. The average molecular weight is 259 g/mol. The van der Waals surface area contributed by atoms with Crippen molar-refractivity contribution in [3.63, 3.8) is 0 Å². The summed E-state index contributed by atoms with van der Waals surface area (Å²) in [6.07, 6.45) is 5.20. The van der Waals surface area contributed by atoms with E-state index in [0.717, 1.165) is 37.7 Å². The van der Waals surface area contributed by atoms with E-state index >= 15 is 0 Å². The van der Waals surface area contributed by atoms with E-state index in [1.165, 1.54) is 5.56 Å². The molecule has 2 N–H and O–H groups in total. The van der Waals surface area contributed by atoms with Crippen molar-refractivity contribution in [3.8, 4) is 0 Å². The number of rotatable bonds is 5. The molecule has 0 amide bonds. The molecule has 0 aromatic heterocycles. The molecular weight excluding hydrogens is 234 g/mol. The highest BCUT2D eigenvalue weighted by Gasteiger charge is 2.40. The smallest absolute Gasteiger partial charge is 0.170 e. The number of Topliss-reactive ketones (excluding diaryl/α,β-unsaturated/α-hetero) is 1. The van der Waals surface area contributed by atoms with Gasteiger partial charge in [0.15, 0.2) is 5.78 Å². The van der Waals surface area contributed by atoms with Crippen LogP contribution in [-0.2, 0) is 6.42 Å². The minimum absolute atomic E-state index is 0.262. The Labute approximate surface area is 116 Å². The zero-order chi connectivity index (χ0) is 13.9. The second kappa shape index (κ2) is 5.87. The lowest BCUT2D eigenvalue weighted by Crippen LogP contribution is -2.36. The first-order valence-corrected chi connectivity index (χ1v) is 7.41. The molecule has 2 nitrogen and oxygen atoms in total. The molecule has 2 heteroatoms. The molecule has 1 saturated carbocycles. The molecule has 2 rings (SSSR count). The molecule has 0 unspecified atom stereocenters. The van der Waals surface area contributed by atoms with Gasteiger partial charge in [0.1, 0.15) is 0 Å². The van der Waals surface area contributed by atoms with Crippen molar-refractivity contribution in [1.29, 1.82) is 0 Å². The lowest BCUT2D eigenvalue weighted by Gasteiger charge is -2.25. The van der Waals surface area contributed by atoms with Crippen LogP contribution in [-0.4, -0.2) is 12.3 Å². The Bertz CT molecular complexity index is 444. The van der Waals surface area contributed by atoms with Gasteiger partial charge in [0, 0.05) is 17.5 Å². The van der Waals surface area contributed by atoms with Crippen LogP contribution in [0.3, 0.4) is 0 Å². The number of carbonyl (C=O) groups excluding carboxylic acids is 1. The standard InChI is InChI=1S/C17H25NO/c1-13(2)10-14-6-5-7-15(11-14)16(19)17(12-18)8-3-4-9-17/h5-7,11,13H,3-4,8-10,12,18H2,1-2H3. The largest absolute Gasteiger partial charge is 0.329 e. The van der Waals surface area contributed by atoms with Crippen LogP contribution in [0.15, 0.2) is 24.3 Å². The topological polar surface area (TPSA) is 43.1 Å². The minimum atomic E-state index is -0.281. The number of carbonyl (C=O) groups is 1. The van der Waals surface area contributed by atoms with Crippen LogP contribution in [0.5, 0.6) is 0 Å². The van der Waals surface area contributed by atoms with E-state index in [-0.39, 0.29) is 11.2 Å². The SMILES string of the molecule is CC(C)Cc1cccc(C(=O)C2(CN)CCCC2)c1. The molecule has 1 aliphatic carbocycles. The molecule has 0 heterocycles. The molecule has 0 saturated heterocycles. The summed E-state index contributed by atoms with van der Waals surface area (Å²) in [6, 6.07) is 8.13. The summed E-state index contributed by atoms with van der Waals surface area (Å²) in [4.78, 5) is 12.8. The van der Waals surface area contributed by atoms with E-state index < -0.39 is 0 Å². The third-order valence-corrected chi connectivity index (χ3v) is 4.27. The monoisotopic (exact) mass is 259 g/mol. The van der Waals surface area contributed by atoms with E-state index in [1.807, 2.05) is 12.1 Å². The van der Waals surface area contributed by atoms with Gasteiger partial charge in [0.05, 0.1) is 0 Å². The summed E-state index contributed by atoms with van der Waals surface area (Å²) in [6.45, 7) is 4.89. The Hall–Kier alpha value is -1.15. The van der Waals surface area contributed by atoms with E-state index in [4.69, 9.17) is 5.73 Å². The van der Waals surface area contributed by atoms with Gasteiger partial charge >= 0.3 is 0 Å². The first-order valence-electron chi connectivity index (χ1n) is 7.41. The van der Waals surface area contributed by atoms with Gasteiger partial charge in [-0.3, -0.25) is 4.79 Å². The zero-order valence-corrected chi connectivity index (χ0v) is 12.1. The van der Waals surface area contributed by atoms with Gasteiger partial charge in [-0.05, 0) is 36.8 Å². The second-order valence-electron chi connectivity index (χ2n) is 6.32. The zero-order valence-electron chi connectivity index (χ0n) is 12.1. The Morgan fingerprint density at radius 3 is 2.58 bits per heavy atom. The van der Waals surface area contributed by atoms with E-state index in [0.29, 0.717) is 12.5 Å². The fraction of sp³-hybridized carbons (Fsp3) is 0.588. The van der Waals surface area contributed by atoms with Crippen LogP contribution in [0.25, 0.3) is 0 Å². The van der Waals surface area contributed by atoms with E-state index in [2.05, 4.69) is 26.0 Å². The van der Waals surface area contributed by atoms with Gasteiger partial charge in [-0.1, -0.05) is 44.9 Å². The van der Waals surface area contributed by atoms with Crippen molar-refractivity contribution >= 4 is 5.78 Å². The maximum Gasteiger partial charge on any atom is 0.170 e. The molecular formula is C17H25NO. The predicted octanol–water partition coefficient (Wildman–Crippen LogP) is 3.59. The number of nitrogens with two attached hydrogens (primary N) is 1. The first kappa shape index (κ1) is 14.3. The summed E-state index contributed by atoms with van der Waals surface area (Å²) in [5.41, 5.74) is 7.73. The molecule has 19 heavy (non-hydrogen) atoms. The van der Waals surface area contributed by atoms with E-state index in [9.17, 15) is 4.79 Å². The molecule has 0 spiro atoms. The predicted molar refractivity (Wildman–Crippen MR) is 79.3 cm³/mol. The molecule has 0 bridgehead atoms. The number of hydrogen-bond donors (Lipinski definition) is 1. The third-order valence-electron chi connectivity index (χ3n) is 4.27.